The zero-order valence-corrected chi connectivity index (χ0v) is 9.62. The Morgan fingerprint density at radius 1 is 1.27 bits per heavy atom. The van der Waals surface area contributed by atoms with E-state index in [2.05, 4.69) is 0 Å². The molecule has 0 saturated carbocycles. The molecule has 0 spiro atoms. The molecule has 0 aliphatic heterocycles. The molecule has 82 valence electrons. The number of carbonyl (C=O) groups excluding carboxylic acids is 1. The molecule has 0 radical (unpaired) electrons. The van der Waals surface area contributed by atoms with Gasteiger partial charge >= 0.3 is 0 Å². The van der Waals surface area contributed by atoms with Crippen molar-refractivity contribution in [1.29, 1.82) is 0 Å². The van der Waals surface area contributed by atoms with Gasteiger partial charge in [-0.2, -0.15) is 0 Å². The molecule has 2 heteroatoms. The number of aryl methyl sites for hydroxylation is 1. The van der Waals surface area contributed by atoms with Crippen molar-refractivity contribution in [3.63, 3.8) is 0 Å². The SMILES string of the molecule is Cc1ccc(COCC(=O)C(C)C)cc1. The second-order valence-electron chi connectivity index (χ2n) is 4.10. The van der Waals surface area contributed by atoms with Gasteiger partial charge in [-0.05, 0) is 12.5 Å². The molecule has 1 aromatic rings. The largest absolute Gasteiger partial charge is 0.369 e. The van der Waals surface area contributed by atoms with Crippen molar-refractivity contribution < 1.29 is 9.53 Å². The van der Waals surface area contributed by atoms with Gasteiger partial charge in [0, 0.05) is 5.92 Å². The van der Waals surface area contributed by atoms with E-state index >= 15 is 0 Å². The summed E-state index contributed by atoms with van der Waals surface area (Å²) >= 11 is 0. The minimum atomic E-state index is 0.0583. The molecule has 0 aromatic heterocycles. The normalized spacial score (nSPS) is 10.7. The van der Waals surface area contributed by atoms with Crippen LogP contribution in [-0.4, -0.2) is 12.4 Å². The van der Waals surface area contributed by atoms with Crippen LogP contribution in [0.5, 0.6) is 0 Å². The number of benzene rings is 1. The van der Waals surface area contributed by atoms with Gasteiger partial charge in [0.2, 0.25) is 0 Å². The molecule has 0 fully saturated rings. The Morgan fingerprint density at radius 3 is 2.40 bits per heavy atom. The maximum atomic E-state index is 11.3. The summed E-state index contributed by atoms with van der Waals surface area (Å²) in [6.07, 6.45) is 0. The molecule has 0 aliphatic carbocycles. The minimum absolute atomic E-state index is 0.0583. The third kappa shape index (κ3) is 4.26. The highest BCUT2D eigenvalue weighted by Gasteiger charge is 2.06. The zero-order chi connectivity index (χ0) is 11.3. The van der Waals surface area contributed by atoms with Crippen LogP contribution in [0.25, 0.3) is 0 Å². The number of hydrogen-bond acceptors (Lipinski definition) is 2. The molecule has 0 saturated heterocycles. The molecule has 2 nitrogen and oxygen atoms in total. The van der Waals surface area contributed by atoms with Crippen molar-refractivity contribution in [1.82, 2.24) is 0 Å². The maximum absolute atomic E-state index is 11.3. The number of rotatable bonds is 5. The van der Waals surface area contributed by atoms with E-state index in [-0.39, 0.29) is 18.3 Å². The molecular weight excluding hydrogens is 188 g/mol. The van der Waals surface area contributed by atoms with E-state index < -0.39 is 0 Å². The predicted octanol–water partition coefficient (Wildman–Crippen LogP) is 2.74. The van der Waals surface area contributed by atoms with Crippen molar-refractivity contribution in [2.45, 2.75) is 27.4 Å². The third-order valence-corrected chi connectivity index (χ3v) is 2.28. The first kappa shape index (κ1) is 11.9. The fourth-order valence-electron chi connectivity index (χ4n) is 1.12. The lowest BCUT2D eigenvalue weighted by Gasteiger charge is -2.06. The second-order valence-corrected chi connectivity index (χ2v) is 4.10. The summed E-state index contributed by atoms with van der Waals surface area (Å²) in [6, 6.07) is 8.14. The smallest absolute Gasteiger partial charge is 0.160 e. The number of hydrogen-bond donors (Lipinski definition) is 0. The summed E-state index contributed by atoms with van der Waals surface area (Å²) in [4.78, 5) is 11.3. The fourth-order valence-corrected chi connectivity index (χ4v) is 1.12. The van der Waals surface area contributed by atoms with E-state index in [4.69, 9.17) is 4.74 Å². The Bertz CT molecular complexity index is 312. The molecule has 0 amide bonds. The first-order valence-electron chi connectivity index (χ1n) is 5.25. The van der Waals surface area contributed by atoms with E-state index in [9.17, 15) is 4.79 Å². The predicted molar refractivity (Wildman–Crippen MR) is 60.7 cm³/mol. The van der Waals surface area contributed by atoms with E-state index in [1.54, 1.807) is 0 Å². The van der Waals surface area contributed by atoms with Crippen LogP contribution in [0.4, 0.5) is 0 Å². The van der Waals surface area contributed by atoms with Gasteiger partial charge in [-0.15, -0.1) is 0 Å². The Hall–Kier alpha value is -1.15. The van der Waals surface area contributed by atoms with Gasteiger partial charge in [-0.3, -0.25) is 4.79 Å². The summed E-state index contributed by atoms with van der Waals surface area (Å²) in [7, 11) is 0. The van der Waals surface area contributed by atoms with Crippen LogP contribution in [0.15, 0.2) is 24.3 Å². The second kappa shape index (κ2) is 5.66. The van der Waals surface area contributed by atoms with Gasteiger partial charge in [0.15, 0.2) is 5.78 Å². The van der Waals surface area contributed by atoms with E-state index in [0.29, 0.717) is 6.61 Å². The highest BCUT2D eigenvalue weighted by atomic mass is 16.5. The topological polar surface area (TPSA) is 26.3 Å². The molecule has 0 aliphatic rings. The van der Waals surface area contributed by atoms with Crippen LogP contribution in [0.2, 0.25) is 0 Å². The number of ether oxygens (including phenoxy) is 1. The van der Waals surface area contributed by atoms with Crippen molar-refractivity contribution in [3.05, 3.63) is 35.4 Å². The molecular formula is C13H18O2. The summed E-state index contributed by atoms with van der Waals surface area (Å²) in [6.45, 7) is 6.55. The van der Waals surface area contributed by atoms with Crippen molar-refractivity contribution in [2.24, 2.45) is 5.92 Å². The third-order valence-electron chi connectivity index (χ3n) is 2.28. The van der Waals surface area contributed by atoms with E-state index in [1.807, 2.05) is 45.0 Å². The highest BCUT2D eigenvalue weighted by Crippen LogP contribution is 2.05. The fraction of sp³-hybridized carbons (Fsp3) is 0.462. The standard InChI is InChI=1S/C13H18O2/c1-10(2)13(14)9-15-8-12-6-4-11(3)5-7-12/h4-7,10H,8-9H2,1-3H3. The Morgan fingerprint density at radius 2 is 1.87 bits per heavy atom. The van der Waals surface area contributed by atoms with Crippen LogP contribution in [0.3, 0.4) is 0 Å². The highest BCUT2D eigenvalue weighted by molar-refractivity contribution is 5.81. The quantitative estimate of drug-likeness (QED) is 0.740. The van der Waals surface area contributed by atoms with Gasteiger partial charge in [0.1, 0.15) is 6.61 Å². The molecule has 1 aromatic carbocycles. The lowest BCUT2D eigenvalue weighted by molar-refractivity contribution is -0.126. The van der Waals surface area contributed by atoms with Gasteiger partial charge < -0.3 is 4.74 Å². The minimum Gasteiger partial charge on any atom is -0.369 e. The molecule has 1 rings (SSSR count). The number of carbonyl (C=O) groups is 1. The van der Waals surface area contributed by atoms with Gasteiger partial charge in [-0.1, -0.05) is 43.7 Å². The number of Topliss-reactive ketones (excluding diaryl/α,β-unsaturated/α-hetero) is 1. The Labute approximate surface area is 91.3 Å². The Kier molecular flexibility index (Phi) is 4.50. The van der Waals surface area contributed by atoms with Gasteiger partial charge in [0.25, 0.3) is 0 Å². The monoisotopic (exact) mass is 206 g/mol. The van der Waals surface area contributed by atoms with Crippen molar-refractivity contribution in [2.75, 3.05) is 6.61 Å². The first-order valence-corrected chi connectivity index (χ1v) is 5.25. The molecule has 0 heterocycles. The molecule has 0 bridgehead atoms. The summed E-state index contributed by atoms with van der Waals surface area (Å²) in [5, 5.41) is 0. The molecule has 0 atom stereocenters. The number of ketones is 1. The summed E-state index contributed by atoms with van der Waals surface area (Å²) in [5.41, 5.74) is 2.34. The molecule has 0 unspecified atom stereocenters. The lowest BCUT2D eigenvalue weighted by Crippen LogP contribution is -2.14. The zero-order valence-electron chi connectivity index (χ0n) is 9.62. The van der Waals surface area contributed by atoms with Crippen LogP contribution < -0.4 is 0 Å². The van der Waals surface area contributed by atoms with Crippen molar-refractivity contribution >= 4 is 5.78 Å². The lowest BCUT2D eigenvalue weighted by atomic mass is 10.1. The van der Waals surface area contributed by atoms with Crippen molar-refractivity contribution in [3.8, 4) is 0 Å². The van der Waals surface area contributed by atoms with Crippen LogP contribution in [0.1, 0.15) is 25.0 Å². The Balaban J connectivity index is 2.32. The first-order chi connectivity index (χ1) is 7.09. The van der Waals surface area contributed by atoms with Crippen LogP contribution in [-0.2, 0) is 16.1 Å². The molecule has 0 N–H and O–H groups in total. The van der Waals surface area contributed by atoms with Crippen LogP contribution >= 0.6 is 0 Å². The van der Waals surface area contributed by atoms with E-state index in [1.165, 1.54) is 5.56 Å². The summed E-state index contributed by atoms with van der Waals surface area (Å²) in [5.74, 6) is 0.213. The van der Waals surface area contributed by atoms with Gasteiger partial charge in [-0.25, -0.2) is 0 Å². The van der Waals surface area contributed by atoms with E-state index in [0.717, 1.165) is 5.56 Å². The van der Waals surface area contributed by atoms with Gasteiger partial charge in [0.05, 0.1) is 6.61 Å². The average molecular weight is 206 g/mol. The maximum Gasteiger partial charge on any atom is 0.160 e. The molecule has 15 heavy (non-hydrogen) atoms. The van der Waals surface area contributed by atoms with Crippen LogP contribution in [0, 0.1) is 12.8 Å². The summed E-state index contributed by atoms with van der Waals surface area (Å²) < 4.78 is 5.33. The average Bonchev–Trinajstić information content (AvgIpc) is 2.20.